The van der Waals surface area contributed by atoms with Gasteiger partial charge in [-0.05, 0) is 42.5 Å². The lowest BCUT2D eigenvalue weighted by atomic mass is 9.90. The van der Waals surface area contributed by atoms with Crippen LogP contribution in [-0.2, 0) is 6.42 Å². The molecule has 0 bridgehead atoms. The molecular weight excluding hydrogens is 314 g/mol. The molecule has 4 nitrogen and oxygen atoms in total. The van der Waals surface area contributed by atoms with Gasteiger partial charge in [0.2, 0.25) is 0 Å². The number of hydrogen-bond donors (Lipinski definition) is 0. The van der Waals surface area contributed by atoms with Crippen LogP contribution in [0.3, 0.4) is 0 Å². The van der Waals surface area contributed by atoms with Crippen molar-refractivity contribution in [3.63, 3.8) is 0 Å². The van der Waals surface area contributed by atoms with Gasteiger partial charge in [-0.25, -0.2) is 0 Å². The highest BCUT2D eigenvalue weighted by atomic mass is 16.5. The molecule has 0 radical (unpaired) electrons. The highest BCUT2D eigenvalue weighted by Crippen LogP contribution is 2.30. The van der Waals surface area contributed by atoms with Crippen molar-refractivity contribution in [3.8, 4) is 17.2 Å². The Labute approximate surface area is 152 Å². The van der Waals surface area contributed by atoms with Crippen LogP contribution in [0.25, 0.3) is 0 Å². The van der Waals surface area contributed by atoms with Gasteiger partial charge >= 0.3 is 0 Å². The van der Waals surface area contributed by atoms with Gasteiger partial charge in [0.1, 0.15) is 5.75 Å². The first kappa shape index (κ1) is 20.8. The monoisotopic (exact) mass is 345 g/mol. The summed E-state index contributed by atoms with van der Waals surface area (Å²) in [7, 11) is 3.23. The highest BCUT2D eigenvalue weighted by molar-refractivity contribution is 5.45. The minimum absolute atomic E-state index is 0.342. The van der Waals surface area contributed by atoms with Gasteiger partial charge in [-0.3, -0.25) is 4.98 Å². The summed E-state index contributed by atoms with van der Waals surface area (Å²) < 4.78 is 15.7. The molecule has 0 aliphatic heterocycles. The maximum Gasteiger partial charge on any atom is 0.164 e. The Morgan fingerprint density at radius 1 is 0.960 bits per heavy atom. The van der Waals surface area contributed by atoms with Crippen molar-refractivity contribution in [1.82, 2.24) is 4.98 Å². The molecule has 0 atom stereocenters. The van der Waals surface area contributed by atoms with E-state index in [4.69, 9.17) is 14.2 Å². The zero-order chi connectivity index (χ0) is 18.7. The van der Waals surface area contributed by atoms with E-state index < -0.39 is 0 Å². The van der Waals surface area contributed by atoms with Crippen LogP contribution >= 0.6 is 0 Å². The van der Waals surface area contributed by atoms with Crippen LogP contribution in [0.5, 0.6) is 17.2 Å². The molecule has 0 aliphatic rings. The fourth-order valence-corrected chi connectivity index (χ4v) is 2.17. The van der Waals surface area contributed by atoms with Gasteiger partial charge in [-0.2, -0.15) is 0 Å². The zero-order valence-corrected chi connectivity index (χ0v) is 16.3. The highest BCUT2D eigenvalue weighted by Gasteiger charge is 2.11. The molecule has 0 unspecified atom stereocenters. The first-order valence-corrected chi connectivity index (χ1v) is 8.64. The average molecular weight is 345 g/mol. The van der Waals surface area contributed by atoms with Crippen LogP contribution in [0.15, 0.2) is 42.6 Å². The van der Waals surface area contributed by atoms with E-state index in [1.807, 2.05) is 36.5 Å². The van der Waals surface area contributed by atoms with Crippen molar-refractivity contribution >= 4 is 0 Å². The van der Waals surface area contributed by atoms with Crippen LogP contribution in [0, 0.1) is 5.41 Å². The third-order valence-corrected chi connectivity index (χ3v) is 3.27. The molecule has 1 aromatic heterocycles. The van der Waals surface area contributed by atoms with Crippen molar-refractivity contribution in [2.45, 2.75) is 40.5 Å². The molecule has 1 aromatic carbocycles. The van der Waals surface area contributed by atoms with E-state index in [1.165, 1.54) is 5.69 Å². The van der Waals surface area contributed by atoms with E-state index in [-0.39, 0.29) is 0 Å². The summed E-state index contributed by atoms with van der Waals surface area (Å²) in [6.45, 7) is 9.46. The number of rotatable bonds is 6. The maximum absolute atomic E-state index is 5.46. The summed E-state index contributed by atoms with van der Waals surface area (Å²) in [6, 6.07) is 11.6. The molecule has 1 heterocycles. The van der Waals surface area contributed by atoms with Crippen LogP contribution in [0.1, 0.15) is 39.8 Å². The molecule has 138 valence electrons. The third kappa shape index (κ3) is 8.43. The summed E-state index contributed by atoms with van der Waals surface area (Å²) in [6.07, 6.45) is 3.89. The van der Waals surface area contributed by atoms with Crippen molar-refractivity contribution in [1.29, 1.82) is 0 Å². The Morgan fingerprint density at radius 2 is 1.68 bits per heavy atom. The second kappa shape index (κ2) is 10.6. The number of nitrogens with zero attached hydrogens (tertiary/aromatic N) is 1. The van der Waals surface area contributed by atoms with E-state index in [1.54, 1.807) is 14.2 Å². The van der Waals surface area contributed by atoms with Gasteiger partial charge in [0.25, 0.3) is 0 Å². The van der Waals surface area contributed by atoms with Crippen LogP contribution in [-0.4, -0.2) is 25.8 Å². The van der Waals surface area contributed by atoms with Gasteiger partial charge in [-0.15, -0.1) is 0 Å². The summed E-state index contributed by atoms with van der Waals surface area (Å²) in [5.74, 6) is 2.22. The molecule has 2 rings (SSSR count). The number of hydrogen-bond acceptors (Lipinski definition) is 4. The Hall–Kier alpha value is -2.23. The molecule has 0 saturated carbocycles. The first-order valence-electron chi connectivity index (χ1n) is 8.64. The average Bonchev–Trinajstić information content (AvgIpc) is 2.59. The Balaban J connectivity index is 0.000000257. The van der Waals surface area contributed by atoms with Crippen molar-refractivity contribution in [3.05, 3.63) is 48.3 Å². The molecular formula is C21H31NO3. The predicted octanol–water partition coefficient (Wildman–Crippen LogP) is 5.16. The number of methoxy groups -OCH3 is 2. The third-order valence-electron chi connectivity index (χ3n) is 3.27. The summed E-state index contributed by atoms with van der Waals surface area (Å²) in [5.41, 5.74) is 1.52. The largest absolute Gasteiger partial charge is 0.493 e. The number of benzene rings is 1. The lowest BCUT2D eigenvalue weighted by Gasteiger charge is -2.16. The molecule has 2 aromatic rings. The van der Waals surface area contributed by atoms with E-state index in [0.29, 0.717) is 11.2 Å². The number of aromatic nitrogens is 1. The Kier molecular flexibility index (Phi) is 8.82. The molecule has 0 saturated heterocycles. The molecule has 0 amide bonds. The SMILES string of the molecule is CC(C)(C)Cc1ccccn1.CCCOc1ccc(OC)c(OC)c1. The summed E-state index contributed by atoms with van der Waals surface area (Å²) in [5, 5.41) is 0. The molecule has 25 heavy (non-hydrogen) atoms. The minimum atomic E-state index is 0.342. The topological polar surface area (TPSA) is 40.6 Å². The molecule has 0 fully saturated rings. The van der Waals surface area contributed by atoms with E-state index in [0.717, 1.165) is 30.9 Å². The quantitative estimate of drug-likeness (QED) is 0.725. The lowest BCUT2D eigenvalue weighted by molar-refractivity contribution is 0.310. The Morgan fingerprint density at radius 3 is 2.20 bits per heavy atom. The standard InChI is InChI=1S/C11H16O3.C10H15N/c1-4-7-14-9-5-6-10(12-2)11(8-9)13-3;1-10(2,3)8-9-6-4-5-7-11-9/h5-6,8H,4,7H2,1-3H3;4-7H,8H2,1-3H3. The van der Waals surface area contributed by atoms with Crippen LogP contribution in [0.2, 0.25) is 0 Å². The Bertz CT molecular complexity index is 606. The first-order chi connectivity index (χ1) is 11.9. The molecule has 4 heteroatoms. The van der Waals surface area contributed by atoms with Gasteiger partial charge in [0, 0.05) is 18.0 Å². The van der Waals surface area contributed by atoms with E-state index in [9.17, 15) is 0 Å². The predicted molar refractivity (Wildman–Crippen MR) is 103 cm³/mol. The second-order valence-corrected chi connectivity index (χ2v) is 6.92. The zero-order valence-electron chi connectivity index (χ0n) is 16.3. The van der Waals surface area contributed by atoms with Crippen LogP contribution in [0.4, 0.5) is 0 Å². The summed E-state index contributed by atoms with van der Waals surface area (Å²) in [4.78, 5) is 4.26. The van der Waals surface area contributed by atoms with Crippen LogP contribution < -0.4 is 14.2 Å². The van der Waals surface area contributed by atoms with Gasteiger partial charge in [0.15, 0.2) is 11.5 Å². The van der Waals surface area contributed by atoms with Crippen molar-refractivity contribution in [2.24, 2.45) is 5.41 Å². The smallest absolute Gasteiger partial charge is 0.164 e. The normalized spacial score (nSPS) is 10.5. The van der Waals surface area contributed by atoms with Gasteiger partial charge in [0.05, 0.1) is 20.8 Å². The molecule has 0 spiro atoms. The molecule has 0 N–H and O–H groups in total. The summed E-state index contributed by atoms with van der Waals surface area (Å²) >= 11 is 0. The van der Waals surface area contributed by atoms with Gasteiger partial charge < -0.3 is 14.2 Å². The van der Waals surface area contributed by atoms with Crippen molar-refractivity contribution < 1.29 is 14.2 Å². The number of pyridine rings is 1. The maximum atomic E-state index is 5.46. The second-order valence-electron chi connectivity index (χ2n) is 6.92. The molecule has 0 aliphatic carbocycles. The fourth-order valence-electron chi connectivity index (χ4n) is 2.17. The van der Waals surface area contributed by atoms with Crippen molar-refractivity contribution in [2.75, 3.05) is 20.8 Å². The fraction of sp³-hybridized carbons (Fsp3) is 0.476. The van der Waals surface area contributed by atoms with E-state index in [2.05, 4.69) is 38.7 Å². The van der Waals surface area contributed by atoms with Gasteiger partial charge in [-0.1, -0.05) is 33.8 Å². The minimum Gasteiger partial charge on any atom is -0.493 e. The lowest BCUT2D eigenvalue weighted by Crippen LogP contribution is -2.09. The number of ether oxygens (including phenoxy) is 3. The van der Waals surface area contributed by atoms with E-state index >= 15 is 0 Å².